The maximum Gasteiger partial charge on any atom is 0.193 e. The van der Waals surface area contributed by atoms with Crippen LogP contribution in [0.5, 0.6) is 0 Å². The average molecular weight is 220 g/mol. The molecule has 1 heterocycles. The first-order chi connectivity index (χ1) is 6.33. The molecule has 0 unspecified atom stereocenters. The van der Waals surface area contributed by atoms with Crippen molar-refractivity contribution in [2.45, 2.75) is 13.0 Å². The summed E-state index contributed by atoms with van der Waals surface area (Å²) in [6.07, 6.45) is 3.31. The largest absolute Gasteiger partial charge is 0.448 e. The minimum absolute atomic E-state index is 0.459. The summed E-state index contributed by atoms with van der Waals surface area (Å²) >= 11 is 7.49. The van der Waals surface area contributed by atoms with Gasteiger partial charge in [-0.05, 0) is 48.7 Å². The molecule has 1 rings (SSSR count). The normalized spacial score (nSPS) is 10.6. The van der Waals surface area contributed by atoms with E-state index in [4.69, 9.17) is 16.0 Å². The van der Waals surface area contributed by atoms with E-state index >= 15 is 0 Å². The Kier molecular flexibility index (Phi) is 5.35. The zero-order valence-electron chi connectivity index (χ0n) is 7.68. The Morgan fingerprint density at radius 1 is 1.54 bits per heavy atom. The first kappa shape index (κ1) is 11.0. The van der Waals surface area contributed by atoms with Crippen LogP contribution in [0.4, 0.5) is 0 Å². The van der Waals surface area contributed by atoms with Crippen molar-refractivity contribution in [3.63, 3.8) is 0 Å². The second kappa shape index (κ2) is 6.35. The van der Waals surface area contributed by atoms with Gasteiger partial charge in [0.1, 0.15) is 5.76 Å². The topological polar surface area (TPSA) is 25.2 Å². The van der Waals surface area contributed by atoms with Crippen LogP contribution in [0, 0.1) is 0 Å². The Morgan fingerprint density at radius 2 is 2.38 bits per heavy atom. The number of furan rings is 1. The Bertz CT molecular complexity index is 239. The molecule has 0 atom stereocenters. The Hall–Kier alpha value is -0.120. The quantitative estimate of drug-likeness (QED) is 0.745. The number of rotatable bonds is 6. The van der Waals surface area contributed by atoms with Gasteiger partial charge in [-0.1, -0.05) is 0 Å². The number of nitrogens with one attached hydrogen (secondary N) is 1. The van der Waals surface area contributed by atoms with Gasteiger partial charge in [0, 0.05) is 0 Å². The predicted octanol–water partition coefficient (Wildman–Crippen LogP) is 2.78. The highest BCUT2D eigenvalue weighted by molar-refractivity contribution is 7.98. The van der Waals surface area contributed by atoms with E-state index in [1.807, 2.05) is 17.8 Å². The molecule has 0 saturated carbocycles. The molecule has 74 valence electrons. The molecule has 4 heteroatoms. The SMILES string of the molecule is CSCCCNCc1ccc(Cl)o1. The maximum absolute atomic E-state index is 5.63. The molecular weight excluding hydrogens is 206 g/mol. The van der Waals surface area contributed by atoms with E-state index in [1.165, 1.54) is 12.2 Å². The lowest BCUT2D eigenvalue weighted by Gasteiger charge is -2.00. The van der Waals surface area contributed by atoms with Gasteiger partial charge in [-0.2, -0.15) is 11.8 Å². The van der Waals surface area contributed by atoms with E-state index < -0.39 is 0 Å². The Balaban J connectivity index is 2.06. The highest BCUT2D eigenvalue weighted by atomic mass is 35.5. The van der Waals surface area contributed by atoms with Gasteiger partial charge >= 0.3 is 0 Å². The lowest BCUT2D eigenvalue weighted by atomic mass is 10.4. The monoisotopic (exact) mass is 219 g/mol. The fraction of sp³-hybridized carbons (Fsp3) is 0.556. The van der Waals surface area contributed by atoms with E-state index in [-0.39, 0.29) is 0 Å². The second-order valence-electron chi connectivity index (χ2n) is 2.73. The second-order valence-corrected chi connectivity index (χ2v) is 4.09. The standard InChI is InChI=1S/C9H14ClNOS/c1-13-6-2-5-11-7-8-3-4-9(10)12-8/h3-4,11H,2,5-7H2,1H3. The minimum Gasteiger partial charge on any atom is -0.448 e. The van der Waals surface area contributed by atoms with E-state index in [1.54, 1.807) is 6.07 Å². The van der Waals surface area contributed by atoms with Crippen LogP contribution in [-0.4, -0.2) is 18.6 Å². The van der Waals surface area contributed by atoms with Crippen LogP contribution in [0.3, 0.4) is 0 Å². The molecule has 0 aromatic carbocycles. The summed E-state index contributed by atoms with van der Waals surface area (Å²) in [5.41, 5.74) is 0. The van der Waals surface area contributed by atoms with Crippen LogP contribution in [0.2, 0.25) is 5.22 Å². The van der Waals surface area contributed by atoms with Crippen molar-refractivity contribution in [1.29, 1.82) is 0 Å². The van der Waals surface area contributed by atoms with Gasteiger partial charge in [0.2, 0.25) is 0 Å². The van der Waals surface area contributed by atoms with Gasteiger partial charge in [-0.25, -0.2) is 0 Å². The summed E-state index contributed by atoms with van der Waals surface area (Å²) < 4.78 is 5.19. The van der Waals surface area contributed by atoms with Crippen molar-refractivity contribution in [3.8, 4) is 0 Å². The van der Waals surface area contributed by atoms with Gasteiger partial charge in [0.05, 0.1) is 6.54 Å². The molecule has 0 bridgehead atoms. The summed E-state index contributed by atoms with van der Waals surface area (Å²) in [4.78, 5) is 0. The van der Waals surface area contributed by atoms with Crippen molar-refractivity contribution in [2.24, 2.45) is 0 Å². The molecule has 0 saturated heterocycles. The third-order valence-corrected chi connectivity index (χ3v) is 2.53. The van der Waals surface area contributed by atoms with Gasteiger partial charge < -0.3 is 9.73 Å². The van der Waals surface area contributed by atoms with Crippen molar-refractivity contribution in [2.75, 3.05) is 18.6 Å². The Labute approximate surface area is 88.0 Å². The van der Waals surface area contributed by atoms with E-state index in [0.717, 1.165) is 18.8 Å². The van der Waals surface area contributed by atoms with E-state index in [0.29, 0.717) is 5.22 Å². The number of hydrogen-bond acceptors (Lipinski definition) is 3. The molecule has 0 aliphatic rings. The van der Waals surface area contributed by atoms with E-state index in [9.17, 15) is 0 Å². The molecule has 13 heavy (non-hydrogen) atoms. The molecule has 0 aliphatic carbocycles. The van der Waals surface area contributed by atoms with Gasteiger partial charge in [-0.3, -0.25) is 0 Å². The number of halogens is 1. The molecule has 0 fully saturated rings. The van der Waals surface area contributed by atoms with Crippen molar-refractivity contribution in [3.05, 3.63) is 23.1 Å². The van der Waals surface area contributed by atoms with Crippen LogP contribution in [-0.2, 0) is 6.54 Å². The van der Waals surface area contributed by atoms with Crippen LogP contribution < -0.4 is 5.32 Å². The van der Waals surface area contributed by atoms with Gasteiger partial charge in [0.15, 0.2) is 5.22 Å². The molecule has 0 radical (unpaired) electrons. The first-order valence-corrected chi connectivity index (χ1v) is 6.04. The summed E-state index contributed by atoms with van der Waals surface area (Å²) in [5.74, 6) is 2.10. The van der Waals surface area contributed by atoms with E-state index in [2.05, 4.69) is 11.6 Å². The lowest BCUT2D eigenvalue weighted by Crippen LogP contribution is -2.14. The molecule has 0 spiro atoms. The number of thioether (sulfide) groups is 1. The summed E-state index contributed by atoms with van der Waals surface area (Å²) in [5, 5.41) is 3.74. The summed E-state index contributed by atoms with van der Waals surface area (Å²) in [6, 6.07) is 3.66. The third kappa shape index (κ3) is 4.60. The smallest absolute Gasteiger partial charge is 0.193 e. The first-order valence-electron chi connectivity index (χ1n) is 4.27. The Morgan fingerprint density at radius 3 is 3.00 bits per heavy atom. The van der Waals surface area contributed by atoms with Crippen LogP contribution in [0.1, 0.15) is 12.2 Å². The highest BCUT2D eigenvalue weighted by Gasteiger charge is 1.97. The molecule has 1 aromatic rings. The molecule has 0 amide bonds. The van der Waals surface area contributed by atoms with Crippen LogP contribution >= 0.6 is 23.4 Å². The fourth-order valence-corrected chi connectivity index (χ4v) is 1.59. The lowest BCUT2D eigenvalue weighted by molar-refractivity contribution is 0.485. The predicted molar refractivity (Wildman–Crippen MR) is 58.4 cm³/mol. The summed E-state index contributed by atoms with van der Waals surface area (Å²) in [7, 11) is 0. The van der Waals surface area contributed by atoms with Crippen LogP contribution in [0.25, 0.3) is 0 Å². The van der Waals surface area contributed by atoms with Crippen molar-refractivity contribution < 1.29 is 4.42 Å². The molecule has 0 aliphatic heterocycles. The zero-order chi connectivity index (χ0) is 9.52. The number of hydrogen-bond donors (Lipinski definition) is 1. The molecule has 2 nitrogen and oxygen atoms in total. The third-order valence-electron chi connectivity index (χ3n) is 1.63. The summed E-state index contributed by atoms with van der Waals surface area (Å²) in [6.45, 7) is 1.79. The van der Waals surface area contributed by atoms with Gasteiger partial charge in [0.25, 0.3) is 0 Å². The maximum atomic E-state index is 5.63. The van der Waals surface area contributed by atoms with Crippen LogP contribution in [0.15, 0.2) is 16.5 Å². The van der Waals surface area contributed by atoms with Gasteiger partial charge in [-0.15, -0.1) is 0 Å². The average Bonchev–Trinajstić information content (AvgIpc) is 2.51. The highest BCUT2D eigenvalue weighted by Crippen LogP contribution is 2.12. The molecular formula is C9H14ClNOS. The fourth-order valence-electron chi connectivity index (χ4n) is 1.000. The van der Waals surface area contributed by atoms with Crippen molar-refractivity contribution in [1.82, 2.24) is 5.32 Å². The molecule has 1 aromatic heterocycles. The molecule has 1 N–H and O–H groups in total. The zero-order valence-corrected chi connectivity index (χ0v) is 9.25. The van der Waals surface area contributed by atoms with Crippen molar-refractivity contribution >= 4 is 23.4 Å². The minimum atomic E-state index is 0.459.